The van der Waals surface area contributed by atoms with Crippen molar-refractivity contribution >= 4 is 21.8 Å². The van der Waals surface area contributed by atoms with E-state index in [1.165, 1.54) is 18.9 Å². The molecule has 0 aliphatic carbocycles. The number of benzene rings is 1. The summed E-state index contributed by atoms with van der Waals surface area (Å²) in [6.07, 6.45) is 3.47. The van der Waals surface area contributed by atoms with Crippen molar-refractivity contribution in [2.75, 3.05) is 20.2 Å². The zero-order valence-electron chi connectivity index (χ0n) is 11.5. The molecule has 4 nitrogen and oxygen atoms in total. The number of nitrogen functional groups attached to an aromatic ring is 1. The van der Waals surface area contributed by atoms with Crippen molar-refractivity contribution in [1.29, 1.82) is 5.41 Å². The van der Waals surface area contributed by atoms with Crippen LogP contribution in [0.2, 0.25) is 0 Å². The maximum Gasteiger partial charge on any atom is 0.179 e. The number of piperidine rings is 1. The van der Waals surface area contributed by atoms with Crippen molar-refractivity contribution in [2.24, 2.45) is 5.73 Å². The molecular weight excluding hydrogens is 325 g/mol. The Morgan fingerprint density at radius 1 is 1.55 bits per heavy atom. The first kappa shape index (κ1) is 15.3. The number of halogens is 2. The van der Waals surface area contributed by atoms with E-state index in [0.29, 0.717) is 18.2 Å². The third kappa shape index (κ3) is 3.30. The van der Waals surface area contributed by atoms with Crippen LogP contribution >= 0.6 is 15.9 Å². The first-order valence-electron chi connectivity index (χ1n) is 6.66. The second-order valence-electron chi connectivity index (χ2n) is 5.09. The number of nitrogens with two attached hydrogens (primary N) is 1. The fraction of sp³-hybridized carbons (Fsp3) is 0.500. The first-order valence-corrected chi connectivity index (χ1v) is 7.45. The average molecular weight is 344 g/mol. The zero-order valence-corrected chi connectivity index (χ0v) is 13.0. The highest BCUT2D eigenvalue weighted by Crippen LogP contribution is 2.29. The van der Waals surface area contributed by atoms with Gasteiger partial charge in [-0.15, -0.1) is 0 Å². The monoisotopic (exact) mass is 343 g/mol. The largest absolute Gasteiger partial charge is 0.489 e. The van der Waals surface area contributed by atoms with Gasteiger partial charge in [0.2, 0.25) is 0 Å². The molecule has 1 atom stereocenters. The van der Waals surface area contributed by atoms with Gasteiger partial charge in [0.15, 0.2) is 11.6 Å². The second kappa shape index (κ2) is 6.54. The van der Waals surface area contributed by atoms with Crippen LogP contribution in [0.1, 0.15) is 24.8 Å². The van der Waals surface area contributed by atoms with Gasteiger partial charge in [0.25, 0.3) is 0 Å². The molecule has 1 aliphatic rings. The predicted molar refractivity (Wildman–Crippen MR) is 80.9 cm³/mol. The van der Waals surface area contributed by atoms with Crippen molar-refractivity contribution < 1.29 is 9.13 Å². The van der Waals surface area contributed by atoms with Gasteiger partial charge in [0, 0.05) is 11.6 Å². The number of nitrogens with zero attached hydrogens (tertiary/aromatic N) is 1. The highest BCUT2D eigenvalue weighted by atomic mass is 79.9. The van der Waals surface area contributed by atoms with Crippen LogP contribution in [-0.4, -0.2) is 37.0 Å². The molecule has 0 amide bonds. The summed E-state index contributed by atoms with van der Waals surface area (Å²) in [5.41, 5.74) is 5.72. The molecule has 1 aromatic carbocycles. The molecule has 0 aromatic heterocycles. The summed E-state index contributed by atoms with van der Waals surface area (Å²) in [6.45, 7) is 1.53. The molecule has 1 aliphatic heterocycles. The minimum absolute atomic E-state index is 0.172. The quantitative estimate of drug-likeness (QED) is 0.652. The van der Waals surface area contributed by atoms with E-state index >= 15 is 0 Å². The Balaban J connectivity index is 2.06. The van der Waals surface area contributed by atoms with Gasteiger partial charge in [-0.2, -0.15) is 0 Å². The van der Waals surface area contributed by atoms with E-state index in [9.17, 15) is 4.39 Å². The van der Waals surface area contributed by atoms with Crippen LogP contribution in [0.3, 0.4) is 0 Å². The molecule has 2 rings (SSSR count). The molecule has 0 spiro atoms. The Morgan fingerprint density at radius 3 is 2.95 bits per heavy atom. The molecule has 1 saturated heterocycles. The van der Waals surface area contributed by atoms with Crippen molar-refractivity contribution in [3.63, 3.8) is 0 Å². The normalized spacial score (nSPS) is 19.9. The molecule has 1 heterocycles. The van der Waals surface area contributed by atoms with E-state index in [0.717, 1.165) is 13.0 Å². The van der Waals surface area contributed by atoms with Crippen molar-refractivity contribution in [3.05, 3.63) is 28.0 Å². The molecule has 1 unspecified atom stereocenters. The number of hydrogen-bond donors (Lipinski definition) is 2. The van der Waals surface area contributed by atoms with Crippen LogP contribution in [0.5, 0.6) is 5.75 Å². The summed E-state index contributed by atoms with van der Waals surface area (Å²) < 4.78 is 19.9. The maximum atomic E-state index is 14.1. The molecule has 6 heteroatoms. The van der Waals surface area contributed by atoms with Crippen molar-refractivity contribution in [3.8, 4) is 5.75 Å². The summed E-state index contributed by atoms with van der Waals surface area (Å²) in [5.74, 6) is -0.480. The lowest BCUT2D eigenvalue weighted by molar-refractivity contribution is 0.122. The van der Waals surface area contributed by atoms with Gasteiger partial charge in [-0.25, -0.2) is 4.39 Å². The van der Waals surface area contributed by atoms with Crippen LogP contribution in [0.15, 0.2) is 16.6 Å². The lowest BCUT2D eigenvalue weighted by Crippen LogP contribution is -2.40. The van der Waals surface area contributed by atoms with Gasteiger partial charge in [0.05, 0.1) is 4.47 Å². The van der Waals surface area contributed by atoms with E-state index in [-0.39, 0.29) is 16.1 Å². The second-order valence-corrected chi connectivity index (χ2v) is 5.89. The summed E-state index contributed by atoms with van der Waals surface area (Å²) >= 11 is 3.12. The summed E-state index contributed by atoms with van der Waals surface area (Å²) in [6, 6.07) is 3.45. The lowest BCUT2D eigenvalue weighted by Gasteiger charge is -2.32. The third-order valence-corrected chi connectivity index (χ3v) is 4.47. The lowest BCUT2D eigenvalue weighted by atomic mass is 10.0. The van der Waals surface area contributed by atoms with Crippen LogP contribution < -0.4 is 10.5 Å². The minimum atomic E-state index is -0.504. The van der Waals surface area contributed by atoms with E-state index in [1.54, 1.807) is 6.07 Å². The number of rotatable bonds is 4. The Labute approximate surface area is 126 Å². The van der Waals surface area contributed by atoms with Crippen molar-refractivity contribution in [1.82, 2.24) is 4.90 Å². The SMILES string of the molecule is CN1CCCCC1COc1ccc(C(=N)N)c(Br)c1F. The zero-order chi connectivity index (χ0) is 14.7. The van der Waals surface area contributed by atoms with Crippen LogP contribution in [-0.2, 0) is 0 Å². The molecule has 0 saturated carbocycles. The van der Waals surface area contributed by atoms with Gasteiger partial charge in [-0.3, -0.25) is 5.41 Å². The summed E-state index contributed by atoms with van der Waals surface area (Å²) in [4.78, 5) is 2.25. The Hall–Kier alpha value is -1.14. The molecule has 3 N–H and O–H groups in total. The number of amidine groups is 1. The van der Waals surface area contributed by atoms with Crippen molar-refractivity contribution in [2.45, 2.75) is 25.3 Å². The smallest absolute Gasteiger partial charge is 0.179 e. The van der Waals surface area contributed by atoms with Crippen LogP contribution in [0, 0.1) is 11.2 Å². The van der Waals surface area contributed by atoms with Gasteiger partial charge < -0.3 is 15.4 Å². The third-order valence-electron chi connectivity index (χ3n) is 3.69. The number of ether oxygens (including phenoxy) is 1. The average Bonchev–Trinajstić information content (AvgIpc) is 2.41. The van der Waals surface area contributed by atoms with Crippen LogP contribution in [0.25, 0.3) is 0 Å². The molecule has 0 bridgehead atoms. The number of likely N-dealkylation sites (N-methyl/N-ethyl adjacent to an activating group) is 1. The topological polar surface area (TPSA) is 62.3 Å². The van der Waals surface area contributed by atoms with Gasteiger partial charge in [-0.1, -0.05) is 6.42 Å². The number of hydrogen-bond acceptors (Lipinski definition) is 3. The summed E-state index contributed by atoms with van der Waals surface area (Å²) in [5, 5.41) is 7.37. The maximum absolute atomic E-state index is 14.1. The first-order chi connectivity index (χ1) is 9.50. The molecule has 20 heavy (non-hydrogen) atoms. The van der Waals surface area contributed by atoms with E-state index in [2.05, 4.69) is 27.9 Å². The van der Waals surface area contributed by atoms with Crippen LogP contribution in [0.4, 0.5) is 4.39 Å². The highest BCUT2D eigenvalue weighted by molar-refractivity contribution is 9.10. The Bertz CT molecular complexity index is 509. The molecular formula is C14H19BrFN3O. The minimum Gasteiger partial charge on any atom is -0.489 e. The van der Waals surface area contributed by atoms with Gasteiger partial charge in [0.1, 0.15) is 12.4 Å². The number of likely N-dealkylation sites (tertiary alicyclic amines) is 1. The van der Waals surface area contributed by atoms with E-state index in [4.69, 9.17) is 15.9 Å². The van der Waals surface area contributed by atoms with Gasteiger partial charge in [-0.05, 0) is 54.5 Å². The molecule has 0 radical (unpaired) electrons. The molecule has 1 fully saturated rings. The fourth-order valence-electron chi connectivity index (χ4n) is 2.39. The molecule has 1 aromatic rings. The standard InChI is InChI=1S/C14H19BrFN3O/c1-19-7-3-2-4-9(19)8-20-11-6-5-10(14(17)18)12(15)13(11)16/h5-6,9H,2-4,7-8H2,1H3,(H3,17,18). The summed E-state index contributed by atoms with van der Waals surface area (Å²) in [7, 11) is 2.07. The van der Waals surface area contributed by atoms with Gasteiger partial charge >= 0.3 is 0 Å². The number of nitrogens with one attached hydrogen (secondary N) is 1. The Kier molecular flexibility index (Phi) is 4.99. The molecule has 110 valence electrons. The predicted octanol–water partition coefficient (Wildman–Crippen LogP) is 2.74. The highest BCUT2D eigenvalue weighted by Gasteiger charge is 2.21. The van der Waals surface area contributed by atoms with E-state index < -0.39 is 5.82 Å². The van der Waals surface area contributed by atoms with E-state index in [1.807, 2.05) is 0 Å². The fourth-order valence-corrected chi connectivity index (χ4v) is 2.93. The Morgan fingerprint density at radius 2 is 2.30 bits per heavy atom.